The van der Waals surface area contributed by atoms with E-state index >= 15 is 0 Å². The molecule has 22 heavy (non-hydrogen) atoms. The molecule has 0 amide bonds. The van der Waals surface area contributed by atoms with Crippen LogP contribution >= 0.6 is 11.6 Å². The van der Waals surface area contributed by atoms with Crippen molar-refractivity contribution in [3.8, 4) is 11.3 Å². The van der Waals surface area contributed by atoms with Crippen molar-refractivity contribution in [3.05, 3.63) is 58.6 Å². The Kier molecular flexibility index (Phi) is 3.50. The molecule has 0 spiro atoms. The Morgan fingerprint density at radius 1 is 1.32 bits per heavy atom. The van der Waals surface area contributed by atoms with Gasteiger partial charge in [0.25, 0.3) is 0 Å². The van der Waals surface area contributed by atoms with Gasteiger partial charge in [-0.1, -0.05) is 23.7 Å². The fraction of sp³-hybridized carbons (Fsp3) is 0.0625. The number of nitrogens with zero attached hydrogens (tertiary/aromatic N) is 2. The second kappa shape index (κ2) is 5.35. The Balaban J connectivity index is 2.38. The fourth-order valence-electron chi connectivity index (χ4n) is 2.30. The highest BCUT2D eigenvalue weighted by molar-refractivity contribution is 6.33. The van der Waals surface area contributed by atoms with Crippen LogP contribution in [0.5, 0.6) is 0 Å². The van der Waals surface area contributed by atoms with Crippen molar-refractivity contribution in [2.24, 2.45) is 0 Å². The van der Waals surface area contributed by atoms with Crippen molar-refractivity contribution < 1.29 is 14.3 Å². The van der Waals surface area contributed by atoms with Crippen LogP contribution < -0.4 is 0 Å². The summed E-state index contributed by atoms with van der Waals surface area (Å²) >= 11 is 6.18. The largest absolute Gasteiger partial charge is 0.478 e. The first-order valence-electron chi connectivity index (χ1n) is 6.43. The molecule has 6 heteroatoms. The number of aryl methyl sites for hydroxylation is 1. The molecule has 2 aromatic heterocycles. The molecule has 0 unspecified atom stereocenters. The smallest absolute Gasteiger partial charge is 0.339 e. The van der Waals surface area contributed by atoms with Crippen LogP contribution in [-0.4, -0.2) is 21.0 Å². The summed E-state index contributed by atoms with van der Waals surface area (Å²) in [7, 11) is 0. The maximum atomic E-state index is 14.0. The quantitative estimate of drug-likeness (QED) is 0.773. The van der Waals surface area contributed by atoms with Gasteiger partial charge in [-0.15, -0.1) is 0 Å². The van der Waals surface area contributed by atoms with Crippen molar-refractivity contribution in [1.29, 1.82) is 0 Å². The zero-order valence-corrected chi connectivity index (χ0v) is 12.2. The monoisotopic (exact) mass is 316 g/mol. The van der Waals surface area contributed by atoms with E-state index in [1.54, 1.807) is 31.2 Å². The lowest BCUT2D eigenvalue weighted by atomic mass is 10.1. The minimum absolute atomic E-state index is 0.00763. The molecule has 0 aliphatic rings. The predicted octanol–water partition coefficient (Wildman–Crippen LogP) is 4.10. The topological polar surface area (TPSA) is 63.1 Å². The number of aromatic nitrogens is 2. The number of pyridine rings is 2. The van der Waals surface area contributed by atoms with Crippen molar-refractivity contribution in [2.45, 2.75) is 6.92 Å². The number of aromatic carboxylic acids is 1. The highest BCUT2D eigenvalue weighted by Gasteiger charge is 2.18. The lowest BCUT2D eigenvalue weighted by Gasteiger charge is -2.10. The number of carbonyl (C=O) groups is 1. The van der Waals surface area contributed by atoms with Gasteiger partial charge in [0.2, 0.25) is 0 Å². The van der Waals surface area contributed by atoms with E-state index in [0.717, 1.165) is 0 Å². The Bertz CT molecular complexity index is 912. The highest BCUT2D eigenvalue weighted by atomic mass is 35.5. The van der Waals surface area contributed by atoms with E-state index in [0.29, 0.717) is 11.1 Å². The van der Waals surface area contributed by atoms with Gasteiger partial charge in [0.05, 0.1) is 21.9 Å². The van der Waals surface area contributed by atoms with E-state index < -0.39 is 11.8 Å². The van der Waals surface area contributed by atoms with E-state index in [1.807, 2.05) is 0 Å². The molecule has 1 N–H and O–H groups in total. The Morgan fingerprint density at radius 3 is 2.73 bits per heavy atom. The molecule has 4 nitrogen and oxygen atoms in total. The van der Waals surface area contributed by atoms with Crippen molar-refractivity contribution in [2.75, 3.05) is 0 Å². The second-order valence-electron chi connectivity index (χ2n) is 4.76. The number of fused-ring (bicyclic) bond motifs is 1. The molecule has 110 valence electrons. The summed E-state index contributed by atoms with van der Waals surface area (Å²) in [5, 5.41) is 10.1. The van der Waals surface area contributed by atoms with Gasteiger partial charge in [-0.05, 0) is 25.1 Å². The van der Waals surface area contributed by atoms with Crippen LogP contribution in [-0.2, 0) is 0 Å². The molecule has 0 aliphatic heterocycles. The Hall–Kier alpha value is -2.53. The number of halogens is 2. The zero-order chi connectivity index (χ0) is 15.9. The molecule has 3 aromatic rings. The number of hydrogen-bond donors (Lipinski definition) is 1. The van der Waals surface area contributed by atoms with Gasteiger partial charge in [-0.25, -0.2) is 14.2 Å². The maximum absolute atomic E-state index is 14.0. The SMILES string of the molecule is Cc1ncc2cc(Cl)c(-c3ccccc3F)nc2c1C(=O)O. The summed E-state index contributed by atoms with van der Waals surface area (Å²) < 4.78 is 14.0. The number of carboxylic acids is 1. The molecule has 0 saturated heterocycles. The third-order valence-corrected chi connectivity index (χ3v) is 3.63. The molecule has 0 saturated carbocycles. The first-order valence-corrected chi connectivity index (χ1v) is 6.81. The van der Waals surface area contributed by atoms with Crippen molar-refractivity contribution in [1.82, 2.24) is 9.97 Å². The summed E-state index contributed by atoms with van der Waals surface area (Å²) in [5.41, 5.74) is 1.00. The average Bonchev–Trinajstić information content (AvgIpc) is 2.47. The van der Waals surface area contributed by atoms with E-state index in [4.69, 9.17) is 11.6 Å². The van der Waals surface area contributed by atoms with Crippen LogP contribution in [0.1, 0.15) is 16.1 Å². The van der Waals surface area contributed by atoms with Gasteiger partial charge in [0, 0.05) is 17.1 Å². The Morgan fingerprint density at radius 2 is 2.05 bits per heavy atom. The molecule has 0 atom stereocenters. The minimum atomic E-state index is -1.13. The van der Waals surface area contributed by atoms with Gasteiger partial charge in [-0.2, -0.15) is 0 Å². The normalized spacial score (nSPS) is 10.9. The highest BCUT2D eigenvalue weighted by Crippen LogP contribution is 2.32. The number of carboxylic acid groups (broad SMARTS) is 1. The summed E-state index contributed by atoms with van der Waals surface area (Å²) in [6, 6.07) is 7.61. The van der Waals surface area contributed by atoms with Gasteiger partial charge >= 0.3 is 5.97 Å². The summed E-state index contributed by atoms with van der Waals surface area (Å²) in [6.07, 6.45) is 1.50. The third-order valence-electron chi connectivity index (χ3n) is 3.34. The van der Waals surface area contributed by atoms with Crippen molar-refractivity contribution >= 4 is 28.5 Å². The lowest BCUT2D eigenvalue weighted by Crippen LogP contribution is -2.05. The van der Waals surface area contributed by atoms with Crippen LogP contribution in [0.3, 0.4) is 0 Å². The lowest BCUT2D eigenvalue weighted by molar-refractivity contribution is 0.0697. The summed E-state index contributed by atoms with van der Waals surface area (Å²) in [6.45, 7) is 1.59. The van der Waals surface area contributed by atoms with Crippen LogP contribution in [0.25, 0.3) is 22.2 Å². The van der Waals surface area contributed by atoms with Crippen molar-refractivity contribution in [3.63, 3.8) is 0 Å². The average molecular weight is 317 g/mol. The van der Waals surface area contributed by atoms with Crippen LogP contribution in [0.15, 0.2) is 36.5 Å². The molecule has 0 radical (unpaired) electrons. The molecular weight excluding hydrogens is 307 g/mol. The molecule has 3 rings (SSSR count). The zero-order valence-electron chi connectivity index (χ0n) is 11.5. The number of hydrogen-bond acceptors (Lipinski definition) is 3. The molecular formula is C16H10ClFN2O2. The standard InChI is InChI=1S/C16H10ClFN2O2/c1-8-13(16(21)22)14-9(7-19-8)6-11(17)15(20-14)10-4-2-3-5-12(10)18/h2-7H,1H3,(H,21,22). The molecule has 0 aliphatic carbocycles. The number of rotatable bonds is 2. The number of benzene rings is 1. The predicted molar refractivity (Wildman–Crippen MR) is 81.6 cm³/mol. The Labute approximate surface area is 130 Å². The molecule has 2 heterocycles. The molecule has 0 fully saturated rings. The van der Waals surface area contributed by atoms with Gasteiger partial charge in [0.15, 0.2) is 0 Å². The molecule has 0 bridgehead atoms. The van der Waals surface area contributed by atoms with Gasteiger partial charge in [-0.3, -0.25) is 4.98 Å². The van der Waals surface area contributed by atoms with E-state index in [2.05, 4.69) is 9.97 Å². The fourth-order valence-corrected chi connectivity index (χ4v) is 2.56. The van der Waals surface area contributed by atoms with E-state index in [9.17, 15) is 14.3 Å². The van der Waals surface area contributed by atoms with Gasteiger partial charge < -0.3 is 5.11 Å². The maximum Gasteiger partial charge on any atom is 0.339 e. The van der Waals surface area contributed by atoms with E-state index in [1.165, 1.54) is 12.3 Å². The van der Waals surface area contributed by atoms with Crippen LogP contribution in [0.2, 0.25) is 5.02 Å². The first kappa shape index (κ1) is 14.4. The summed E-state index contributed by atoms with van der Waals surface area (Å²) in [4.78, 5) is 19.8. The van der Waals surface area contributed by atoms with Crippen LogP contribution in [0.4, 0.5) is 4.39 Å². The minimum Gasteiger partial charge on any atom is -0.478 e. The third kappa shape index (κ3) is 2.29. The molecule has 1 aromatic carbocycles. The summed E-state index contributed by atoms with van der Waals surface area (Å²) in [5.74, 6) is -1.61. The van der Waals surface area contributed by atoms with Crippen LogP contribution in [0, 0.1) is 12.7 Å². The second-order valence-corrected chi connectivity index (χ2v) is 5.17. The first-order chi connectivity index (χ1) is 10.5. The van der Waals surface area contributed by atoms with Gasteiger partial charge in [0.1, 0.15) is 11.4 Å². The van der Waals surface area contributed by atoms with E-state index in [-0.39, 0.29) is 27.4 Å².